The summed E-state index contributed by atoms with van der Waals surface area (Å²) in [6.07, 6.45) is 0.517. The van der Waals surface area contributed by atoms with Crippen LogP contribution in [0.5, 0.6) is 0 Å². The number of nitrogens with one attached hydrogen (secondary N) is 1. The van der Waals surface area contributed by atoms with Crippen LogP contribution in [0.15, 0.2) is 42.5 Å². The van der Waals surface area contributed by atoms with Gasteiger partial charge in [0.2, 0.25) is 10.0 Å². The Balaban J connectivity index is 2.23. The first-order valence-electron chi connectivity index (χ1n) is 6.23. The van der Waals surface area contributed by atoms with Crippen molar-refractivity contribution >= 4 is 10.0 Å². The normalized spacial score (nSPS) is 11.4. The van der Waals surface area contributed by atoms with Gasteiger partial charge in [0.1, 0.15) is 0 Å². The molecule has 0 atom stereocenters. The number of rotatable bonds is 9. The molecule has 1 aromatic carbocycles. The fourth-order valence-corrected chi connectivity index (χ4v) is 2.53. The Hall–Kier alpha value is -1.17. The van der Waals surface area contributed by atoms with Crippen LogP contribution < -0.4 is 4.72 Å². The van der Waals surface area contributed by atoms with E-state index in [-0.39, 0.29) is 5.75 Å². The Bertz CT molecular complexity index is 483. The second-order valence-electron chi connectivity index (χ2n) is 4.46. The summed E-state index contributed by atoms with van der Waals surface area (Å²) in [4.78, 5) is 0. The molecular weight excluding hydrogens is 262 g/mol. The minimum atomic E-state index is -3.23. The van der Waals surface area contributed by atoms with Crippen LogP contribution >= 0.6 is 0 Å². The highest BCUT2D eigenvalue weighted by Gasteiger charge is 2.09. The Morgan fingerprint density at radius 1 is 1.32 bits per heavy atom. The zero-order chi connectivity index (χ0) is 14.1. The van der Waals surface area contributed by atoms with Crippen LogP contribution in [0.2, 0.25) is 0 Å². The molecule has 0 bridgehead atoms. The van der Waals surface area contributed by atoms with E-state index in [2.05, 4.69) is 11.3 Å². The molecule has 0 radical (unpaired) electrons. The Labute approximate surface area is 115 Å². The maximum absolute atomic E-state index is 11.7. The largest absolute Gasteiger partial charge is 0.376 e. The van der Waals surface area contributed by atoms with Crippen LogP contribution in [-0.2, 0) is 21.2 Å². The number of hydrogen-bond acceptors (Lipinski definition) is 3. The highest BCUT2D eigenvalue weighted by molar-refractivity contribution is 7.89. The van der Waals surface area contributed by atoms with Gasteiger partial charge in [0, 0.05) is 6.54 Å². The lowest BCUT2D eigenvalue weighted by Crippen LogP contribution is -2.30. The summed E-state index contributed by atoms with van der Waals surface area (Å²) < 4.78 is 31.2. The van der Waals surface area contributed by atoms with Gasteiger partial charge < -0.3 is 4.74 Å². The molecule has 1 N–H and O–H groups in total. The minimum absolute atomic E-state index is 0.0947. The first-order valence-corrected chi connectivity index (χ1v) is 7.88. The van der Waals surface area contributed by atoms with Crippen molar-refractivity contribution in [3.8, 4) is 0 Å². The molecular formula is C14H21NO3S. The van der Waals surface area contributed by atoms with Crippen molar-refractivity contribution in [1.82, 2.24) is 4.72 Å². The molecule has 0 heterocycles. The number of hydrogen-bond donors (Lipinski definition) is 1. The molecule has 1 rings (SSSR count). The van der Waals surface area contributed by atoms with E-state index in [0.717, 1.165) is 11.1 Å². The number of aryl methyl sites for hydroxylation is 1. The Morgan fingerprint density at radius 3 is 2.63 bits per heavy atom. The molecule has 0 aliphatic rings. The van der Waals surface area contributed by atoms with Crippen molar-refractivity contribution in [2.75, 3.05) is 25.5 Å². The van der Waals surface area contributed by atoms with Crippen molar-refractivity contribution in [3.05, 3.63) is 48.0 Å². The lowest BCUT2D eigenvalue weighted by Gasteiger charge is -2.07. The molecule has 106 valence electrons. The predicted octanol–water partition coefficient (Wildman–Crippen LogP) is 1.74. The molecule has 0 aliphatic carbocycles. The summed E-state index contributed by atoms with van der Waals surface area (Å²) in [7, 11) is -3.23. The van der Waals surface area contributed by atoms with Crippen molar-refractivity contribution in [1.29, 1.82) is 0 Å². The Morgan fingerprint density at radius 2 is 2.00 bits per heavy atom. The average molecular weight is 283 g/mol. The van der Waals surface area contributed by atoms with Gasteiger partial charge in [-0.1, -0.05) is 42.5 Å². The van der Waals surface area contributed by atoms with Gasteiger partial charge in [0.25, 0.3) is 0 Å². The second kappa shape index (κ2) is 8.09. The van der Waals surface area contributed by atoms with Crippen molar-refractivity contribution < 1.29 is 13.2 Å². The molecule has 0 fully saturated rings. The van der Waals surface area contributed by atoms with Gasteiger partial charge in [-0.3, -0.25) is 0 Å². The molecule has 0 aliphatic heterocycles. The molecule has 0 amide bonds. The quantitative estimate of drug-likeness (QED) is 0.555. The summed E-state index contributed by atoms with van der Waals surface area (Å²) in [6.45, 7) is 6.68. The fourth-order valence-electron chi connectivity index (χ4n) is 1.48. The Kier molecular flexibility index (Phi) is 6.77. The van der Waals surface area contributed by atoms with Crippen molar-refractivity contribution in [3.63, 3.8) is 0 Å². The maximum atomic E-state index is 11.7. The van der Waals surface area contributed by atoms with Crippen LogP contribution in [0.4, 0.5) is 0 Å². The van der Waals surface area contributed by atoms with Gasteiger partial charge in [-0.2, -0.15) is 0 Å². The molecule has 0 aromatic heterocycles. The molecule has 0 saturated carbocycles. The summed E-state index contributed by atoms with van der Waals surface area (Å²) in [5.74, 6) is 0.0947. The van der Waals surface area contributed by atoms with Gasteiger partial charge in [-0.15, -0.1) is 0 Å². The standard InChI is InChI=1S/C14H21NO3S/c1-13(2)12-18-10-9-15-19(16,17)11-8-14-6-4-3-5-7-14/h3-7,15H,1,8-12H2,2H3. The van der Waals surface area contributed by atoms with Crippen molar-refractivity contribution in [2.24, 2.45) is 0 Å². The van der Waals surface area contributed by atoms with E-state index in [1.165, 1.54) is 0 Å². The summed E-state index contributed by atoms with van der Waals surface area (Å²) in [5, 5.41) is 0. The highest BCUT2D eigenvalue weighted by Crippen LogP contribution is 2.01. The summed E-state index contributed by atoms with van der Waals surface area (Å²) in [5.41, 5.74) is 1.94. The zero-order valence-electron chi connectivity index (χ0n) is 11.3. The average Bonchev–Trinajstić information content (AvgIpc) is 2.37. The first-order chi connectivity index (χ1) is 8.99. The molecule has 0 unspecified atom stereocenters. The van der Waals surface area contributed by atoms with E-state index in [4.69, 9.17) is 4.74 Å². The van der Waals surface area contributed by atoms with E-state index < -0.39 is 10.0 Å². The van der Waals surface area contributed by atoms with Gasteiger partial charge in [0.05, 0.1) is 19.0 Å². The lowest BCUT2D eigenvalue weighted by molar-refractivity contribution is 0.162. The third kappa shape index (κ3) is 7.77. The van der Waals surface area contributed by atoms with E-state index >= 15 is 0 Å². The molecule has 5 heteroatoms. The molecule has 0 spiro atoms. The second-order valence-corrected chi connectivity index (χ2v) is 6.38. The molecule has 0 saturated heterocycles. The van der Waals surface area contributed by atoms with Crippen LogP contribution in [0.25, 0.3) is 0 Å². The van der Waals surface area contributed by atoms with E-state index in [1.54, 1.807) is 0 Å². The van der Waals surface area contributed by atoms with Gasteiger partial charge in [-0.25, -0.2) is 13.1 Å². The van der Waals surface area contributed by atoms with E-state index in [1.807, 2.05) is 37.3 Å². The smallest absolute Gasteiger partial charge is 0.211 e. The van der Waals surface area contributed by atoms with Crippen LogP contribution in [0.1, 0.15) is 12.5 Å². The van der Waals surface area contributed by atoms with Gasteiger partial charge >= 0.3 is 0 Å². The topological polar surface area (TPSA) is 55.4 Å². The molecule has 19 heavy (non-hydrogen) atoms. The monoisotopic (exact) mass is 283 g/mol. The highest BCUT2D eigenvalue weighted by atomic mass is 32.2. The molecule has 4 nitrogen and oxygen atoms in total. The fraction of sp³-hybridized carbons (Fsp3) is 0.429. The minimum Gasteiger partial charge on any atom is -0.376 e. The van der Waals surface area contributed by atoms with E-state index in [9.17, 15) is 8.42 Å². The SMILES string of the molecule is C=C(C)COCCNS(=O)(=O)CCc1ccccc1. The van der Waals surface area contributed by atoms with Gasteiger partial charge in [0.15, 0.2) is 0 Å². The van der Waals surface area contributed by atoms with E-state index in [0.29, 0.717) is 26.2 Å². The predicted molar refractivity (Wildman–Crippen MR) is 77.6 cm³/mol. The summed E-state index contributed by atoms with van der Waals surface area (Å²) in [6, 6.07) is 9.56. The summed E-state index contributed by atoms with van der Waals surface area (Å²) >= 11 is 0. The van der Waals surface area contributed by atoms with Crippen LogP contribution in [0, 0.1) is 0 Å². The van der Waals surface area contributed by atoms with Crippen LogP contribution in [-0.4, -0.2) is 33.9 Å². The third-order valence-corrected chi connectivity index (χ3v) is 3.80. The number of ether oxygens (including phenoxy) is 1. The zero-order valence-corrected chi connectivity index (χ0v) is 12.1. The lowest BCUT2D eigenvalue weighted by atomic mass is 10.2. The van der Waals surface area contributed by atoms with Crippen LogP contribution in [0.3, 0.4) is 0 Å². The first kappa shape index (κ1) is 15.9. The maximum Gasteiger partial charge on any atom is 0.211 e. The van der Waals surface area contributed by atoms with Crippen molar-refractivity contribution in [2.45, 2.75) is 13.3 Å². The number of benzene rings is 1. The molecule has 1 aromatic rings. The third-order valence-electron chi connectivity index (χ3n) is 2.42. The van der Waals surface area contributed by atoms with Gasteiger partial charge in [-0.05, 0) is 18.9 Å². The number of sulfonamides is 1.